The fourth-order valence-corrected chi connectivity index (χ4v) is 2.78. The standard InChI is InChI=1S/C16H28N4O/c1-3-8-20-9-6-14(7-10-20)12-18-16(17-2)19-13-15-5-4-11-21-15/h4-5,11,14H,3,6-10,12-13H2,1-2H3,(H2,17,18,19). The molecule has 0 atom stereocenters. The van der Waals surface area contributed by atoms with Crippen molar-refractivity contribution in [2.24, 2.45) is 10.9 Å². The molecule has 1 aliphatic rings. The van der Waals surface area contributed by atoms with E-state index >= 15 is 0 Å². The molecule has 5 heteroatoms. The van der Waals surface area contributed by atoms with Gasteiger partial charge in [-0.2, -0.15) is 0 Å². The van der Waals surface area contributed by atoms with Crippen molar-refractivity contribution in [2.45, 2.75) is 32.7 Å². The summed E-state index contributed by atoms with van der Waals surface area (Å²) in [6, 6.07) is 3.86. The fourth-order valence-electron chi connectivity index (χ4n) is 2.78. The third-order valence-electron chi connectivity index (χ3n) is 4.04. The Morgan fingerprint density at radius 1 is 1.38 bits per heavy atom. The van der Waals surface area contributed by atoms with Crippen molar-refractivity contribution < 1.29 is 4.42 Å². The number of guanidine groups is 1. The summed E-state index contributed by atoms with van der Waals surface area (Å²) < 4.78 is 5.31. The molecule has 0 spiro atoms. The van der Waals surface area contributed by atoms with E-state index < -0.39 is 0 Å². The third kappa shape index (κ3) is 5.42. The highest BCUT2D eigenvalue weighted by Crippen LogP contribution is 2.16. The average molecular weight is 292 g/mol. The highest BCUT2D eigenvalue weighted by Gasteiger charge is 2.18. The van der Waals surface area contributed by atoms with Crippen LogP contribution in [-0.4, -0.2) is 44.1 Å². The molecule has 2 heterocycles. The summed E-state index contributed by atoms with van der Waals surface area (Å²) in [6.07, 6.45) is 5.51. The van der Waals surface area contributed by atoms with Gasteiger partial charge in [0.15, 0.2) is 5.96 Å². The van der Waals surface area contributed by atoms with Crippen LogP contribution in [0.1, 0.15) is 31.9 Å². The van der Waals surface area contributed by atoms with Gasteiger partial charge in [0.25, 0.3) is 0 Å². The Morgan fingerprint density at radius 3 is 2.81 bits per heavy atom. The van der Waals surface area contributed by atoms with Gasteiger partial charge in [-0.05, 0) is 56.9 Å². The van der Waals surface area contributed by atoms with Gasteiger partial charge in [-0.3, -0.25) is 4.99 Å². The Labute approximate surface area is 127 Å². The van der Waals surface area contributed by atoms with Crippen molar-refractivity contribution in [3.63, 3.8) is 0 Å². The first-order valence-corrected chi connectivity index (χ1v) is 8.01. The number of hydrogen-bond donors (Lipinski definition) is 2. The molecule has 2 rings (SSSR count). The zero-order valence-electron chi connectivity index (χ0n) is 13.3. The van der Waals surface area contributed by atoms with Crippen molar-refractivity contribution >= 4 is 5.96 Å². The largest absolute Gasteiger partial charge is 0.467 e. The molecule has 0 amide bonds. The maximum atomic E-state index is 5.31. The van der Waals surface area contributed by atoms with Gasteiger partial charge >= 0.3 is 0 Å². The van der Waals surface area contributed by atoms with Crippen LogP contribution in [0.2, 0.25) is 0 Å². The Kier molecular flexibility index (Phi) is 6.60. The minimum atomic E-state index is 0.668. The molecule has 0 aliphatic carbocycles. The first-order chi connectivity index (χ1) is 10.3. The van der Waals surface area contributed by atoms with Crippen LogP contribution in [0.15, 0.2) is 27.8 Å². The van der Waals surface area contributed by atoms with Crippen LogP contribution < -0.4 is 10.6 Å². The zero-order valence-corrected chi connectivity index (χ0v) is 13.3. The highest BCUT2D eigenvalue weighted by molar-refractivity contribution is 5.79. The number of furan rings is 1. The number of piperidine rings is 1. The quantitative estimate of drug-likeness (QED) is 0.622. The molecule has 0 aromatic carbocycles. The van der Waals surface area contributed by atoms with E-state index in [4.69, 9.17) is 4.42 Å². The number of rotatable bonds is 6. The van der Waals surface area contributed by atoms with Gasteiger partial charge in [-0.25, -0.2) is 0 Å². The van der Waals surface area contributed by atoms with Gasteiger partial charge in [-0.15, -0.1) is 0 Å². The van der Waals surface area contributed by atoms with Gasteiger partial charge in [0.1, 0.15) is 5.76 Å². The lowest BCUT2D eigenvalue weighted by Crippen LogP contribution is -2.42. The van der Waals surface area contributed by atoms with E-state index in [1.807, 2.05) is 12.1 Å². The molecule has 0 saturated carbocycles. The van der Waals surface area contributed by atoms with Crippen molar-refractivity contribution in [3.8, 4) is 0 Å². The van der Waals surface area contributed by atoms with E-state index in [-0.39, 0.29) is 0 Å². The predicted octanol–water partition coefficient (Wildman–Crippen LogP) is 2.07. The first-order valence-electron chi connectivity index (χ1n) is 8.01. The number of nitrogens with one attached hydrogen (secondary N) is 2. The predicted molar refractivity (Wildman–Crippen MR) is 86.4 cm³/mol. The van der Waals surface area contributed by atoms with E-state index in [0.29, 0.717) is 6.54 Å². The molecular formula is C16H28N4O. The van der Waals surface area contributed by atoms with E-state index in [2.05, 4.69) is 27.4 Å². The Balaban J connectivity index is 1.64. The van der Waals surface area contributed by atoms with Crippen LogP contribution in [0.4, 0.5) is 0 Å². The van der Waals surface area contributed by atoms with E-state index in [1.54, 1.807) is 13.3 Å². The molecular weight excluding hydrogens is 264 g/mol. The molecule has 0 unspecified atom stereocenters. The molecule has 5 nitrogen and oxygen atoms in total. The average Bonchev–Trinajstić information content (AvgIpc) is 3.03. The van der Waals surface area contributed by atoms with E-state index in [0.717, 1.165) is 24.2 Å². The van der Waals surface area contributed by atoms with E-state index in [9.17, 15) is 0 Å². The molecule has 118 valence electrons. The van der Waals surface area contributed by atoms with Gasteiger partial charge in [0.2, 0.25) is 0 Å². The molecule has 1 fully saturated rings. The molecule has 1 aromatic rings. The normalized spacial score (nSPS) is 17.9. The summed E-state index contributed by atoms with van der Waals surface area (Å²) >= 11 is 0. The fraction of sp³-hybridized carbons (Fsp3) is 0.688. The molecule has 21 heavy (non-hydrogen) atoms. The van der Waals surface area contributed by atoms with Crippen LogP contribution in [0.3, 0.4) is 0 Å². The Bertz CT molecular complexity index is 408. The first kappa shape index (κ1) is 15.9. The van der Waals surface area contributed by atoms with Gasteiger partial charge in [-0.1, -0.05) is 6.92 Å². The van der Waals surface area contributed by atoms with Crippen LogP contribution in [0.5, 0.6) is 0 Å². The Morgan fingerprint density at radius 2 is 2.19 bits per heavy atom. The van der Waals surface area contributed by atoms with Crippen LogP contribution in [-0.2, 0) is 6.54 Å². The maximum Gasteiger partial charge on any atom is 0.191 e. The molecule has 1 saturated heterocycles. The lowest BCUT2D eigenvalue weighted by atomic mass is 9.97. The molecule has 1 aromatic heterocycles. The highest BCUT2D eigenvalue weighted by atomic mass is 16.3. The lowest BCUT2D eigenvalue weighted by Gasteiger charge is -2.32. The van der Waals surface area contributed by atoms with Gasteiger partial charge < -0.3 is 20.0 Å². The number of nitrogens with zero attached hydrogens (tertiary/aromatic N) is 2. The van der Waals surface area contributed by atoms with Crippen molar-refractivity contribution in [2.75, 3.05) is 33.2 Å². The van der Waals surface area contributed by atoms with E-state index in [1.165, 1.54) is 38.9 Å². The second-order valence-corrected chi connectivity index (χ2v) is 5.67. The number of hydrogen-bond acceptors (Lipinski definition) is 3. The Hall–Kier alpha value is -1.49. The monoisotopic (exact) mass is 292 g/mol. The molecule has 0 bridgehead atoms. The summed E-state index contributed by atoms with van der Waals surface area (Å²) in [4.78, 5) is 6.83. The maximum absolute atomic E-state index is 5.31. The van der Waals surface area contributed by atoms with Gasteiger partial charge in [0, 0.05) is 13.6 Å². The van der Waals surface area contributed by atoms with Crippen LogP contribution in [0.25, 0.3) is 0 Å². The third-order valence-corrected chi connectivity index (χ3v) is 4.04. The van der Waals surface area contributed by atoms with Crippen molar-refractivity contribution in [1.82, 2.24) is 15.5 Å². The second-order valence-electron chi connectivity index (χ2n) is 5.67. The molecule has 0 radical (unpaired) electrons. The summed E-state index contributed by atoms with van der Waals surface area (Å²) in [5, 5.41) is 6.70. The summed E-state index contributed by atoms with van der Waals surface area (Å²) in [5.74, 6) is 2.52. The van der Waals surface area contributed by atoms with Crippen molar-refractivity contribution in [3.05, 3.63) is 24.2 Å². The smallest absolute Gasteiger partial charge is 0.191 e. The minimum Gasteiger partial charge on any atom is -0.467 e. The van der Waals surface area contributed by atoms with Crippen LogP contribution >= 0.6 is 0 Å². The minimum absolute atomic E-state index is 0.668. The number of likely N-dealkylation sites (tertiary alicyclic amines) is 1. The topological polar surface area (TPSA) is 52.8 Å². The zero-order chi connectivity index (χ0) is 14.9. The molecule has 2 N–H and O–H groups in total. The lowest BCUT2D eigenvalue weighted by molar-refractivity contribution is 0.185. The SMILES string of the molecule is CCCN1CCC(CNC(=NC)NCc2ccco2)CC1. The molecule has 1 aliphatic heterocycles. The van der Waals surface area contributed by atoms with Crippen LogP contribution in [0, 0.1) is 5.92 Å². The summed E-state index contributed by atoms with van der Waals surface area (Å²) in [6.45, 7) is 7.63. The van der Waals surface area contributed by atoms with Gasteiger partial charge in [0.05, 0.1) is 12.8 Å². The second kappa shape index (κ2) is 8.72. The number of aliphatic imine (C=N–C) groups is 1. The van der Waals surface area contributed by atoms with Crippen molar-refractivity contribution in [1.29, 1.82) is 0 Å². The summed E-state index contributed by atoms with van der Waals surface area (Å²) in [5.41, 5.74) is 0. The summed E-state index contributed by atoms with van der Waals surface area (Å²) in [7, 11) is 1.81.